The van der Waals surface area contributed by atoms with Gasteiger partial charge in [-0.05, 0) is 5.46 Å². The highest BCUT2D eigenvalue weighted by Crippen LogP contribution is 2.53. The van der Waals surface area contributed by atoms with Gasteiger partial charge in [0.25, 0.3) is 6.71 Å². The maximum atomic E-state index is 17.0. The average Bonchev–Trinajstić information content (AvgIpc) is 3.21. The largest absolute Gasteiger partial charge is 0.279 e. The highest BCUT2D eigenvalue weighted by Gasteiger charge is 2.63. The molecule has 0 fully saturated rings. The summed E-state index contributed by atoms with van der Waals surface area (Å²) < 4.78 is 280. The molecular weight excluding hydrogens is 672 g/mol. The van der Waals surface area contributed by atoms with Crippen molar-refractivity contribution in [2.45, 2.75) is 5.57 Å². The first kappa shape index (κ1) is 32.0. The van der Waals surface area contributed by atoms with Crippen LogP contribution in [0.2, 0.25) is 0 Å². The first-order valence-electron chi connectivity index (χ1n) is 11.2. The number of rotatable bonds is 3. The minimum atomic E-state index is -5.75. The summed E-state index contributed by atoms with van der Waals surface area (Å²) >= 11 is 0. The normalized spacial score (nSPS) is 16.3. The van der Waals surface area contributed by atoms with E-state index in [2.05, 4.69) is 0 Å². The van der Waals surface area contributed by atoms with Gasteiger partial charge in [-0.15, -0.1) is 0 Å². The van der Waals surface area contributed by atoms with Crippen LogP contribution in [0.15, 0.2) is 5.83 Å². The molecular formula is C25BF19. The van der Waals surface area contributed by atoms with Crippen molar-refractivity contribution in [3.63, 3.8) is 0 Å². The van der Waals surface area contributed by atoms with Gasteiger partial charge in [0, 0.05) is 16.4 Å². The highest BCUT2D eigenvalue weighted by atomic mass is 19.2. The second-order valence-corrected chi connectivity index (χ2v) is 9.12. The Morgan fingerprint density at radius 1 is 0.333 bits per heavy atom. The number of benzene rings is 4. The topological polar surface area (TPSA) is 0 Å². The van der Waals surface area contributed by atoms with Gasteiger partial charge in [-0.3, -0.25) is 0 Å². The van der Waals surface area contributed by atoms with Gasteiger partial charge in [0.15, 0.2) is 110 Å². The molecule has 0 saturated carbocycles. The van der Waals surface area contributed by atoms with Crippen LogP contribution in [0, 0.1) is 93.1 Å². The molecule has 0 nitrogen and oxygen atoms in total. The first-order valence-corrected chi connectivity index (χ1v) is 11.2. The second-order valence-electron chi connectivity index (χ2n) is 9.12. The lowest BCUT2D eigenvalue weighted by atomic mass is 9.30. The molecule has 0 amide bonds. The zero-order valence-corrected chi connectivity index (χ0v) is 20.3. The maximum Gasteiger partial charge on any atom is 0.279 e. The van der Waals surface area contributed by atoms with Gasteiger partial charge >= 0.3 is 0 Å². The van der Waals surface area contributed by atoms with Crippen LogP contribution < -0.4 is 10.9 Å². The molecule has 20 heteroatoms. The molecule has 0 aliphatic heterocycles. The van der Waals surface area contributed by atoms with Crippen molar-refractivity contribution in [2.75, 3.05) is 0 Å². The van der Waals surface area contributed by atoms with E-state index >= 15 is 26.3 Å². The van der Waals surface area contributed by atoms with Gasteiger partial charge in [-0.25, -0.2) is 83.4 Å². The minimum Gasteiger partial charge on any atom is -0.239 e. The quantitative estimate of drug-likeness (QED) is 0.0907. The highest BCUT2D eigenvalue weighted by molar-refractivity contribution is 6.89. The summed E-state index contributed by atoms with van der Waals surface area (Å²) in [7, 11) is 0. The summed E-state index contributed by atoms with van der Waals surface area (Å²) in [6, 6.07) is 0. The predicted octanol–water partition coefficient (Wildman–Crippen LogP) is 7.70. The Hall–Kier alpha value is -4.39. The minimum absolute atomic E-state index is 2.65. The number of allylic oxidation sites excluding steroid dienone is 1. The molecule has 4 aromatic rings. The van der Waals surface area contributed by atoms with Crippen LogP contribution in [-0.2, 0) is 5.57 Å². The van der Waals surface area contributed by atoms with Crippen molar-refractivity contribution in [3.8, 4) is 0 Å². The lowest BCUT2D eigenvalue weighted by Crippen LogP contribution is -2.61. The lowest BCUT2D eigenvalue weighted by molar-refractivity contribution is 0.266. The predicted molar refractivity (Wildman–Crippen MR) is 113 cm³/mol. The van der Waals surface area contributed by atoms with Gasteiger partial charge in [0.05, 0.1) is 10.9 Å². The molecule has 1 aliphatic carbocycles. The molecule has 5 rings (SSSR count). The van der Waals surface area contributed by atoms with E-state index < -0.39 is 150 Å². The second kappa shape index (κ2) is 10.1. The van der Waals surface area contributed by atoms with Crippen LogP contribution in [-0.4, -0.2) is 6.71 Å². The molecule has 0 bridgehead atoms. The van der Waals surface area contributed by atoms with Crippen molar-refractivity contribution in [2.24, 2.45) is 0 Å². The van der Waals surface area contributed by atoms with Gasteiger partial charge in [0.1, 0.15) is 0 Å². The molecule has 1 unspecified atom stereocenters. The van der Waals surface area contributed by atoms with Gasteiger partial charge in [-0.2, -0.15) is 0 Å². The van der Waals surface area contributed by atoms with Crippen LogP contribution in [0.1, 0.15) is 11.1 Å². The molecule has 1 atom stereocenters. The summed E-state index contributed by atoms with van der Waals surface area (Å²) in [5.41, 5.74) is -17.5. The van der Waals surface area contributed by atoms with E-state index in [4.69, 9.17) is 0 Å². The van der Waals surface area contributed by atoms with Crippen molar-refractivity contribution in [1.29, 1.82) is 0 Å². The summed E-state index contributed by atoms with van der Waals surface area (Å²) in [4.78, 5) is 0. The van der Waals surface area contributed by atoms with Crippen LogP contribution in [0.4, 0.5) is 83.4 Å². The fourth-order valence-corrected chi connectivity index (χ4v) is 5.04. The smallest absolute Gasteiger partial charge is 0.239 e. The molecule has 0 N–H and O–H groups in total. The maximum absolute atomic E-state index is 17.0. The molecule has 0 saturated heterocycles. The van der Waals surface area contributed by atoms with Crippen LogP contribution in [0.25, 0.3) is 16.6 Å². The van der Waals surface area contributed by atoms with Gasteiger partial charge < -0.3 is 0 Å². The fourth-order valence-electron chi connectivity index (χ4n) is 5.04. The zero-order chi connectivity index (χ0) is 33.9. The number of hydrogen-bond donors (Lipinski definition) is 0. The Kier molecular flexibility index (Phi) is 7.16. The van der Waals surface area contributed by atoms with Gasteiger partial charge in [-0.1, -0.05) is 0 Å². The van der Waals surface area contributed by atoms with E-state index in [-0.39, 0.29) is 0 Å². The number of alkyl halides is 1. The summed E-state index contributed by atoms with van der Waals surface area (Å²) in [6.07, 6.45) is 0. The Morgan fingerprint density at radius 2 is 0.667 bits per heavy atom. The van der Waals surface area contributed by atoms with Gasteiger partial charge in [0.2, 0.25) is 0 Å². The fraction of sp³-hybridized carbons (Fsp3) is 0.0400. The average molecular weight is 672 g/mol. The van der Waals surface area contributed by atoms with E-state index in [0.29, 0.717) is 0 Å². The van der Waals surface area contributed by atoms with Crippen LogP contribution in [0.5, 0.6) is 0 Å². The summed E-state index contributed by atoms with van der Waals surface area (Å²) in [5, 5.41) is -5.39. The number of halogens is 19. The third kappa shape index (κ3) is 3.79. The molecule has 0 heterocycles. The summed E-state index contributed by atoms with van der Waals surface area (Å²) in [6.45, 7) is -4.69. The Morgan fingerprint density at radius 3 is 1.16 bits per heavy atom. The molecule has 4 aromatic carbocycles. The Labute approximate surface area is 234 Å². The first-order chi connectivity index (χ1) is 20.8. The Balaban J connectivity index is 2.17. The van der Waals surface area contributed by atoms with Crippen molar-refractivity contribution in [1.82, 2.24) is 0 Å². The molecule has 0 spiro atoms. The van der Waals surface area contributed by atoms with Crippen LogP contribution in [0.3, 0.4) is 0 Å². The zero-order valence-electron chi connectivity index (χ0n) is 20.3. The van der Waals surface area contributed by atoms with E-state index in [1.165, 1.54) is 0 Å². The van der Waals surface area contributed by atoms with Crippen molar-refractivity contribution < 1.29 is 83.4 Å². The number of fused-ring (bicyclic) bond motifs is 2. The molecule has 45 heavy (non-hydrogen) atoms. The molecule has 236 valence electrons. The van der Waals surface area contributed by atoms with E-state index in [1.54, 1.807) is 0 Å². The standard InChI is InChI=1S/C25BF19/c27-7-1-2(9(29)18(38)17(7)37)8(28)16(36)13(33)5(1)26(6-14(34)21(41)23(43)22(42)15(6)35)25(45)4-3(11(31)24(25)44)10(30)19(39)20(40)12(4)32. The lowest BCUT2D eigenvalue weighted by Gasteiger charge is -2.31. The Bertz CT molecular complexity index is 2030. The van der Waals surface area contributed by atoms with Crippen molar-refractivity contribution >= 4 is 34.2 Å². The SMILES string of the molecule is FC1=C(F)C(F)(B(c2c(F)c(F)c(F)c(F)c2F)c2c(F)c(F)c(F)c3c(F)c(F)c(F)c(F)c23)c2c(F)c(F)c(F)c(F)c21. The number of hydrogen-bond acceptors (Lipinski definition) is 0. The third-order valence-electron chi connectivity index (χ3n) is 6.96. The third-order valence-corrected chi connectivity index (χ3v) is 6.96. The van der Waals surface area contributed by atoms with Crippen molar-refractivity contribution in [3.05, 3.63) is 110 Å². The van der Waals surface area contributed by atoms with Crippen LogP contribution >= 0.6 is 0 Å². The molecule has 1 aliphatic rings. The van der Waals surface area contributed by atoms with E-state index in [0.717, 1.165) is 0 Å². The molecule has 0 aromatic heterocycles. The van der Waals surface area contributed by atoms with E-state index in [9.17, 15) is 57.1 Å². The summed E-state index contributed by atoms with van der Waals surface area (Å²) in [5.74, 6) is -57.9. The monoisotopic (exact) mass is 672 g/mol. The molecule has 0 radical (unpaired) electrons. The van der Waals surface area contributed by atoms with E-state index in [1.807, 2.05) is 0 Å².